The number of nitrogens with one attached hydrogen (secondary N) is 1. The first-order valence-electron chi connectivity index (χ1n) is 9.23. The number of nitriles is 1. The van der Waals surface area contributed by atoms with E-state index in [-0.39, 0.29) is 11.3 Å². The van der Waals surface area contributed by atoms with Gasteiger partial charge in [0.1, 0.15) is 23.1 Å². The smallest absolute Gasteiger partial charge is 0.266 e. The van der Waals surface area contributed by atoms with Gasteiger partial charge < -0.3 is 15.2 Å². The van der Waals surface area contributed by atoms with Gasteiger partial charge in [0.15, 0.2) is 0 Å². The zero-order chi connectivity index (χ0) is 22.4. The number of ether oxygens (including phenoxy) is 1. The standard InChI is InChI=1S/C24H18BrIN2O3/c1-31-23-12-15(11-22(26)20(23)13-16-4-2-3-5-21(16)25)10-17(14-27)24(30)28-18-6-8-19(29)9-7-18/h2-12,29H,13H2,1H3,(H,28,30)/b17-10+. The van der Waals surface area contributed by atoms with E-state index in [1.54, 1.807) is 19.2 Å². The highest BCUT2D eigenvalue weighted by molar-refractivity contribution is 14.1. The maximum Gasteiger partial charge on any atom is 0.266 e. The lowest BCUT2D eigenvalue weighted by Crippen LogP contribution is -2.13. The van der Waals surface area contributed by atoms with Gasteiger partial charge in [-0.2, -0.15) is 5.26 Å². The molecule has 0 aliphatic carbocycles. The monoisotopic (exact) mass is 588 g/mol. The first-order chi connectivity index (χ1) is 14.9. The van der Waals surface area contributed by atoms with Crippen LogP contribution >= 0.6 is 38.5 Å². The molecule has 0 fully saturated rings. The molecular formula is C24H18BrIN2O3. The SMILES string of the molecule is COc1cc(/C=C(\C#N)C(=O)Nc2ccc(O)cc2)cc(I)c1Cc1ccccc1Br. The number of rotatable bonds is 6. The van der Waals surface area contributed by atoms with E-state index in [1.807, 2.05) is 36.4 Å². The van der Waals surface area contributed by atoms with Gasteiger partial charge in [-0.3, -0.25) is 4.79 Å². The van der Waals surface area contributed by atoms with Crippen LogP contribution in [-0.2, 0) is 11.2 Å². The molecule has 0 spiro atoms. The molecule has 0 aliphatic heterocycles. The van der Waals surface area contributed by atoms with Crippen molar-refractivity contribution in [1.29, 1.82) is 5.26 Å². The van der Waals surface area contributed by atoms with Crippen LogP contribution in [0.4, 0.5) is 5.69 Å². The van der Waals surface area contributed by atoms with Gasteiger partial charge in [0.2, 0.25) is 0 Å². The summed E-state index contributed by atoms with van der Waals surface area (Å²) in [5.74, 6) is 0.253. The highest BCUT2D eigenvalue weighted by Gasteiger charge is 2.14. The van der Waals surface area contributed by atoms with Crippen LogP contribution in [0.3, 0.4) is 0 Å². The van der Waals surface area contributed by atoms with E-state index in [1.165, 1.54) is 18.2 Å². The number of hydrogen-bond acceptors (Lipinski definition) is 4. The molecule has 3 aromatic carbocycles. The second kappa shape index (κ2) is 10.5. The number of anilines is 1. The molecule has 0 atom stereocenters. The topological polar surface area (TPSA) is 82.3 Å². The van der Waals surface area contributed by atoms with E-state index in [9.17, 15) is 15.2 Å². The van der Waals surface area contributed by atoms with Crippen molar-refractivity contribution in [3.63, 3.8) is 0 Å². The van der Waals surface area contributed by atoms with Crippen LogP contribution in [0.15, 0.2) is 70.7 Å². The predicted octanol–water partition coefficient (Wildman–Crippen LogP) is 5.90. The van der Waals surface area contributed by atoms with Gasteiger partial charge in [-0.05, 0) is 82.3 Å². The fraction of sp³-hybridized carbons (Fsp3) is 0.0833. The quantitative estimate of drug-likeness (QED) is 0.162. The third-order valence-electron chi connectivity index (χ3n) is 4.52. The van der Waals surface area contributed by atoms with E-state index in [0.29, 0.717) is 23.4 Å². The van der Waals surface area contributed by atoms with E-state index in [0.717, 1.165) is 19.2 Å². The van der Waals surface area contributed by atoms with Gasteiger partial charge in [-0.25, -0.2) is 0 Å². The van der Waals surface area contributed by atoms with Crippen molar-refractivity contribution in [2.45, 2.75) is 6.42 Å². The summed E-state index contributed by atoms with van der Waals surface area (Å²) in [6, 6.07) is 19.7. The second-order valence-electron chi connectivity index (χ2n) is 6.62. The Labute approximate surface area is 202 Å². The maximum atomic E-state index is 12.5. The molecule has 0 unspecified atom stereocenters. The van der Waals surface area contributed by atoms with Crippen molar-refractivity contribution >= 4 is 56.2 Å². The number of aromatic hydroxyl groups is 1. The Morgan fingerprint density at radius 1 is 1.23 bits per heavy atom. The molecule has 1 amide bonds. The maximum absolute atomic E-state index is 12.5. The number of halogens is 2. The molecule has 0 bridgehead atoms. The Balaban J connectivity index is 1.89. The average Bonchev–Trinajstić information content (AvgIpc) is 2.76. The molecule has 0 saturated carbocycles. The number of carbonyl (C=O) groups is 1. The van der Waals surface area contributed by atoms with Crippen molar-refractivity contribution < 1.29 is 14.6 Å². The Morgan fingerprint density at radius 2 is 1.94 bits per heavy atom. The van der Waals surface area contributed by atoms with Crippen LogP contribution in [0.1, 0.15) is 16.7 Å². The van der Waals surface area contributed by atoms with E-state index in [4.69, 9.17) is 4.74 Å². The molecule has 0 aliphatic rings. The molecule has 3 rings (SSSR count). The third kappa shape index (κ3) is 5.87. The van der Waals surface area contributed by atoms with E-state index in [2.05, 4.69) is 49.9 Å². The van der Waals surface area contributed by atoms with Gasteiger partial charge in [0, 0.05) is 25.7 Å². The van der Waals surface area contributed by atoms with Crippen LogP contribution in [-0.4, -0.2) is 18.1 Å². The van der Waals surface area contributed by atoms with Gasteiger partial charge in [-0.15, -0.1) is 0 Å². The van der Waals surface area contributed by atoms with Gasteiger partial charge in [-0.1, -0.05) is 34.1 Å². The van der Waals surface area contributed by atoms with Crippen molar-refractivity contribution in [2.24, 2.45) is 0 Å². The Morgan fingerprint density at radius 3 is 2.58 bits per heavy atom. The summed E-state index contributed by atoms with van der Waals surface area (Å²) in [5, 5.41) is 21.5. The lowest BCUT2D eigenvalue weighted by atomic mass is 10.0. The van der Waals surface area contributed by atoms with Crippen molar-refractivity contribution in [2.75, 3.05) is 12.4 Å². The minimum atomic E-state index is -0.528. The Kier molecular flexibility index (Phi) is 7.71. The largest absolute Gasteiger partial charge is 0.508 e. The second-order valence-corrected chi connectivity index (χ2v) is 8.64. The number of nitrogens with zero attached hydrogens (tertiary/aromatic N) is 1. The number of phenolic OH excluding ortho intramolecular Hbond substituents is 1. The van der Waals surface area contributed by atoms with E-state index < -0.39 is 5.91 Å². The summed E-state index contributed by atoms with van der Waals surface area (Å²) >= 11 is 5.82. The highest BCUT2D eigenvalue weighted by Crippen LogP contribution is 2.31. The summed E-state index contributed by atoms with van der Waals surface area (Å²) in [6.07, 6.45) is 2.21. The zero-order valence-corrected chi connectivity index (χ0v) is 20.3. The van der Waals surface area contributed by atoms with Crippen molar-refractivity contribution in [3.05, 3.63) is 91.0 Å². The lowest BCUT2D eigenvalue weighted by molar-refractivity contribution is -0.112. The minimum absolute atomic E-state index is 0.0375. The number of benzene rings is 3. The van der Waals surface area contributed by atoms with Crippen molar-refractivity contribution in [1.82, 2.24) is 0 Å². The molecule has 0 aromatic heterocycles. The summed E-state index contributed by atoms with van der Waals surface area (Å²) in [5.41, 5.74) is 3.30. The molecule has 3 aromatic rings. The molecule has 5 nitrogen and oxygen atoms in total. The summed E-state index contributed by atoms with van der Waals surface area (Å²) in [7, 11) is 1.60. The van der Waals surface area contributed by atoms with E-state index >= 15 is 0 Å². The Bertz CT molecular complexity index is 1180. The normalized spacial score (nSPS) is 11.0. The number of amides is 1. The zero-order valence-electron chi connectivity index (χ0n) is 16.5. The van der Waals surface area contributed by atoms with Gasteiger partial charge in [0.05, 0.1) is 7.11 Å². The third-order valence-corrected chi connectivity index (χ3v) is 6.26. The lowest BCUT2D eigenvalue weighted by Gasteiger charge is -2.13. The number of phenols is 1. The molecule has 7 heteroatoms. The fourth-order valence-corrected chi connectivity index (χ4v) is 4.20. The fourth-order valence-electron chi connectivity index (χ4n) is 2.96. The van der Waals surface area contributed by atoms with Crippen molar-refractivity contribution in [3.8, 4) is 17.6 Å². The summed E-state index contributed by atoms with van der Waals surface area (Å²) in [6.45, 7) is 0. The summed E-state index contributed by atoms with van der Waals surface area (Å²) in [4.78, 5) is 12.5. The highest BCUT2D eigenvalue weighted by atomic mass is 127. The van der Waals surface area contributed by atoms with Gasteiger partial charge >= 0.3 is 0 Å². The molecule has 2 N–H and O–H groups in total. The number of carbonyl (C=O) groups excluding carboxylic acids is 1. The minimum Gasteiger partial charge on any atom is -0.508 e. The first kappa shape index (κ1) is 22.8. The molecule has 156 valence electrons. The molecule has 31 heavy (non-hydrogen) atoms. The number of hydrogen-bond donors (Lipinski definition) is 2. The summed E-state index contributed by atoms with van der Waals surface area (Å²) < 4.78 is 7.60. The first-order valence-corrected chi connectivity index (χ1v) is 11.1. The Hall–Kier alpha value is -2.83. The number of methoxy groups -OCH3 is 1. The van der Waals surface area contributed by atoms with Crippen LogP contribution < -0.4 is 10.1 Å². The average molecular weight is 589 g/mol. The van der Waals surface area contributed by atoms with Crippen LogP contribution in [0.25, 0.3) is 6.08 Å². The molecule has 0 radical (unpaired) electrons. The van der Waals surface area contributed by atoms with Crippen LogP contribution in [0.2, 0.25) is 0 Å². The van der Waals surface area contributed by atoms with Gasteiger partial charge in [0.25, 0.3) is 5.91 Å². The van der Waals surface area contributed by atoms with Crippen LogP contribution in [0, 0.1) is 14.9 Å². The molecule has 0 saturated heterocycles. The predicted molar refractivity (Wildman–Crippen MR) is 133 cm³/mol. The molecule has 0 heterocycles. The van der Waals surface area contributed by atoms with Crippen LogP contribution in [0.5, 0.6) is 11.5 Å². The molecular weight excluding hydrogens is 571 g/mol.